The largest absolute Gasteiger partial charge is 0.416 e. The van der Waals surface area contributed by atoms with Crippen molar-refractivity contribution in [1.82, 2.24) is 10.3 Å². The van der Waals surface area contributed by atoms with Crippen molar-refractivity contribution in [2.24, 2.45) is 0 Å². The van der Waals surface area contributed by atoms with E-state index in [0.717, 1.165) is 17.0 Å². The minimum atomic E-state index is -4.45. The second kappa shape index (κ2) is 7.99. The summed E-state index contributed by atoms with van der Waals surface area (Å²) in [7, 11) is 0. The number of carbonyl (C=O) groups is 1. The molecule has 0 aliphatic carbocycles. The maximum Gasteiger partial charge on any atom is 0.416 e. The van der Waals surface area contributed by atoms with Gasteiger partial charge in [0.15, 0.2) is 0 Å². The van der Waals surface area contributed by atoms with E-state index in [1.807, 2.05) is 38.3 Å². The predicted molar refractivity (Wildman–Crippen MR) is 113 cm³/mol. The van der Waals surface area contributed by atoms with Gasteiger partial charge < -0.3 is 5.32 Å². The van der Waals surface area contributed by atoms with E-state index in [1.54, 1.807) is 18.3 Å². The number of hydrogen-bond donors (Lipinski definition) is 1. The third-order valence-electron chi connectivity index (χ3n) is 4.17. The zero-order chi connectivity index (χ0) is 21.4. The van der Waals surface area contributed by atoms with Gasteiger partial charge >= 0.3 is 6.18 Å². The number of halogens is 3. The molecule has 0 spiro atoms. The van der Waals surface area contributed by atoms with E-state index >= 15 is 0 Å². The Bertz CT molecular complexity index is 1040. The first-order chi connectivity index (χ1) is 13.5. The lowest BCUT2D eigenvalue weighted by molar-refractivity contribution is -0.137. The average molecular weight is 439 g/mol. The Hall–Kier alpha value is -2.06. The molecule has 29 heavy (non-hydrogen) atoms. The summed E-state index contributed by atoms with van der Waals surface area (Å²) >= 11 is 2.91. The van der Waals surface area contributed by atoms with E-state index in [-0.39, 0.29) is 16.2 Å². The first-order valence-corrected chi connectivity index (χ1v) is 10.7. The van der Waals surface area contributed by atoms with Crippen molar-refractivity contribution in [3.05, 3.63) is 57.3 Å². The maximum atomic E-state index is 13.1. The molecule has 3 nitrogen and oxygen atoms in total. The number of amides is 1. The van der Waals surface area contributed by atoms with Crippen LogP contribution in [0.1, 0.15) is 47.1 Å². The average Bonchev–Trinajstić information content (AvgIpc) is 3.11. The molecule has 0 bridgehead atoms. The number of thiophene rings is 1. The van der Waals surface area contributed by atoms with Crippen LogP contribution in [0.5, 0.6) is 0 Å². The summed E-state index contributed by atoms with van der Waals surface area (Å²) in [6, 6.07) is 7.30. The fourth-order valence-corrected chi connectivity index (χ4v) is 4.59. The lowest BCUT2D eigenvalue weighted by Crippen LogP contribution is -2.25. The zero-order valence-electron chi connectivity index (χ0n) is 16.5. The van der Waals surface area contributed by atoms with Crippen molar-refractivity contribution in [3.8, 4) is 0 Å². The lowest BCUT2D eigenvalue weighted by atomic mass is 10.0. The number of benzene rings is 1. The fourth-order valence-electron chi connectivity index (χ4n) is 2.88. The van der Waals surface area contributed by atoms with E-state index in [4.69, 9.17) is 0 Å². The van der Waals surface area contributed by atoms with Gasteiger partial charge in [-0.25, -0.2) is 4.98 Å². The standard InChI is InChI=1S/C21H21F3N2OS2/c1-12-15-8-7-13(21(22,23)24)10-16(15)26-19(29-20(2,3)4)17(12)18(27)25-11-14-6-5-9-28-14/h5-10H,11H2,1-4H3,(H,25,27). The SMILES string of the molecule is Cc1c(C(=O)NCc2cccs2)c(SC(C)(C)C)nc2cc(C(F)(F)F)ccc12. The number of carbonyl (C=O) groups excluding carboxylic acids is 1. The van der Waals surface area contributed by atoms with Crippen LogP contribution in [0.2, 0.25) is 0 Å². The number of aryl methyl sites for hydroxylation is 1. The van der Waals surface area contributed by atoms with Crippen molar-refractivity contribution in [2.75, 3.05) is 0 Å². The molecule has 0 aliphatic heterocycles. The Morgan fingerprint density at radius 3 is 2.52 bits per heavy atom. The van der Waals surface area contributed by atoms with Crippen LogP contribution in [-0.2, 0) is 12.7 Å². The molecule has 2 aromatic heterocycles. The Balaban J connectivity index is 2.09. The molecule has 2 heterocycles. The minimum Gasteiger partial charge on any atom is -0.347 e. The summed E-state index contributed by atoms with van der Waals surface area (Å²) in [5, 5.41) is 5.82. The molecule has 3 rings (SSSR count). The Morgan fingerprint density at radius 2 is 1.93 bits per heavy atom. The van der Waals surface area contributed by atoms with Gasteiger partial charge in [-0.05, 0) is 36.1 Å². The molecule has 0 saturated carbocycles. The Kier molecular flexibility index (Phi) is 5.96. The molecule has 0 radical (unpaired) electrons. The molecule has 0 aliphatic rings. The smallest absolute Gasteiger partial charge is 0.347 e. The molecular weight excluding hydrogens is 417 g/mol. The topological polar surface area (TPSA) is 42.0 Å². The van der Waals surface area contributed by atoms with Crippen LogP contribution in [-0.4, -0.2) is 15.6 Å². The number of fused-ring (bicyclic) bond motifs is 1. The molecular formula is C21H21F3N2OS2. The van der Waals surface area contributed by atoms with Crippen molar-refractivity contribution in [3.63, 3.8) is 0 Å². The minimum absolute atomic E-state index is 0.235. The molecule has 1 amide bonds. The molecule has 8 heteroatoms. The lowest BCUT2D eigenvalue weighted by Gasteiger charge is -2.21. The zero-order valence-corrected chi connectivity index (χ0v) is 18.1. The van der Waals surface area contributed by atoms with E-state index < -0.39 is 11.7 Å². The molecule has 3 aromatic rings. The van der Waals surface area contributed by atoms with E-state index in [2.05, 4.69) is 10.3 Å². The molecule has 0 atom stereocenters. The van der Waals surface area contributed by atoms with Crippen molar-refractivity contribution >= 4 is 39.9 Å². The quantitative estimate of drug-likeness (QED) is 0.476. The highest BCUT2D eigenvalue weighted by molar-refractivity contribution is 8.00. The number of thioether (sulfide) groups is 1. The van der Waals surface area contributed by atoms with Gasteiger partial charge in [0.2, 0.25) is 0 Å². The molecule has 1 N–H and O–H groups in total. The summed E-state index contributed by atoms with van der Waals surface area (Å²) in [6.45, 7) is 8.06. The second-order valence-electron chi connectivity index (χ2n) is 7.62. The van der Waals surface area contributed by atoms with Crippen molar-refractivity contribution in [1.29, 1.82) is 0 Å². The van der Waals surface area contributed by atoms with Gasteiger partial charge in [0.1, 0.15) is 5.03 Å². The van der Waals surface area contributed by atoms with Gasteiger partial charge in [-0.3, -0.25) is 4.79 Å². The van der Waals surface area contributed by atoms with Gasteiger partial charge in [0, 0.05) is 15.0 Å². The molecule has 0 saturated heterocycles. The van der Waals surface area contributed by atoms with Crippen LogP contribution in [0.3, 0.4) is 0 Å². The number of alkyl halides is 3. The van der Waals surface area contributed by atoms with Crippen LogP contribution in [0.25, 0.3) is 10.9 Å². The highest BCUT2D eigenvalue weighted by atomic mass is 32.2. The Morgan fingerprint density at radius 1 is 1.21 bits per heavy atom. The highest BCUT2D eigenvalue weighted by Crippen LogP contribution is 2.38. The van der Waals surface area contributed by atoms with Gasteiger partial charge in [0.25, 0.3) is 5.91 Å². The normalized spacial score (nSPS) is 12.4. The summed E-state index contributed by atoms with van der Waals surface area (Å²) in [5.41, 5.74) is 0.519. The number of aromatic nitrogens is 1. The molecule has 0 fully saturated rings. The van der Waals surface area contributed by atoms with E-state index in [1.165, 1.54) is 17.8 Å². The van der Waals surface area contributed by atoms with E-state index in [9.17, 15) is 18.0 Å². The fraction of sp³-hybridized carbons (Fsp3) is 0.333. The Labute approximate surface area is 175 Å². The monoisotopic (exact) mass is 438 g/mol. The first-order valence-electron chi connectivity index (χ1n) is 8.97. The summed E-state index contributed by atoms with van der Waals surface area (Å²) in [6.07, 6.45) is -4.45. The maximum absolute atomic E-state index is 13.1. The van der Waals surface area contributed by atoms with Gasteiger partial charge in [-0.1, -0.05) is 44.7 Å². The third kappa shape index (κ3) is 5.11. The summed E-state index contributed by atoms with van der Waals surface area (Å²) in [4.78, 5) is 18.5. The number of nitrogens with one attached hydrogen (secondary N) is 1. The van der Waals surface area contributed by atoms with Crippen LogP contribution in [0.15, 0.2) is 40.7 Å². The number of hydrogen-bond acceptors (Lipinski definition) is 4. The van der Waals surface area contributed by atoms with Crippen LogP contribution < -0.4 is 5.32 Å². The summed E-state index contributed by atoms with van der Waals surface area (Å²) < 4.78 is 39.1. The van der Waals surface area contributed by atoms with Gasteiger partial charge in [-0.2, -0.15) is 13.2 Å². The van der Waals surface area contributed by atoms with Gasteiger partial charge in [-0.15, -0.1) is 11.3 Å². The van der Waals surface area contributed by atoms with Gasteiger partial charge in [0.05, 0.1) is 23.2 Å². The van der Waals surface area contributed by atoms with Crippen LogP contribution >= 0.6 is 23.1 Å². The van der Waals surface area contributed by atoms with Crippen molar-refractivity contribution in [2.45, 2.75) is 50.2 Å². The van der Waals surface area contributed by atoms with Crippen LogP contribution in [0, 0.1) is 6.92 Å². The molecule has 0 unspecified atom stereocenters. The predicted octanol–water partition coefficient (Wildman–Crippen LogP) is 6.44. The van der Waals surface area contributed by atoms with E-state index in [0.29, 0.717) is 28.1 Å². The molecule has 154 valence electrons. The first kappa shape index (κ1) is 21.6. The number of nitrogens with zero attached hydrogens (tertiary/aromatic N) is 1. The third-order valence-corrected chi connectivity index (χ3v) is 6.15. The van der Waals surface area contributed by atoms with Crippen LogP contribution in [0.4, 0.5) is 13.2 Å². The number of rotatable bonds is 4. The number of pyridine rings is 1. The van der Waals surface area contributed by atoms with Crippen molar-refractivity contribution < 1.29 is 18.0 Å². The summed E-state index contributed by atoms with van der Waals surface area (Å²) in [5.74, 6) is -0.281. The molecule has 1 aromatic carbocycles. The second-order valence-corrected chi connectivity index (χ2v) is 10.5. The highest BCUT2D eigenvalue weighted by Gasteiger charge is 2.31.